The quantitative estimate of drug-likeness (QED) is 0.744. The molecular weight excluding hydrogens is 272 g/mol. The second-order valence-electron chi connectivity index (χ2n) is 5.49. The Kier molecular flexibility index (Phi) is 4.54. The number of pyridine rings is 1. The average Bonchev–Trinajstić information content (AvgIpc) is 2.48. The van der Waals surface area contributed by atoms with Crippen molar-refractivity contribution in [2.45, 2.75) is 19.4 Å². The molecule has 1 aromatic heterocycles. The first-order valence-electron chi connectivity index (χ1n) is 6.88. The molecular formula is C14H20N4O3. The van der Waals surface area contributed by atoms with Crippen molar-refractivity contribution >= 4 is 17.6 Å². The molecule has 0 atom stereocenters. The van der Waals surface area contributed by atoms with Crippen LogP contribution < -0.4 is 10.6 Å². The molecule has 0 aromatic carbocycles. The van der Waals surface area contributed by atoms with Gasteiger partial charge < -0.3 is 15.7 Å². The van der Waals surface area contributed by atoms with Gasteiger partial charge in [0.25, 0.3) is 0 Å². The van der Waals surface area contributed by atoms with Crippen molar-refractivity contribution in [3.8, 4) is 0 Å². The second kappa shape index (κ2) is 6.19. The summed E-state index contributed by atoms with van der Waals surface area (Å²) in [4.78, 5) is 29.1. The summed E-state index contributed by atoms with van der Waals surface area (Å²) in [7, 11) is 0. The van der Waals surface area contributed by atoms with Crippen molar-refractivity contribution in [2.75, 3.05) is 31.5 Å². The van der Waals surface area contributed by atoms with Gasteiger partial charge in [0.2, 0.25) is 5.91 Å². The molecule has 1 aromatic rings. The Bertz CT molecular complexity index is 522. The maximum Gasteiger partial charge on any atom is 0.354 e. The van der Waals surface area contributed by atoms with E-state index >= 15 is 0 Å². The summed E-state index contributed by atoms with van der Waals surface area (Å²) in [6.45, 7) is 7.13. The number of carboxylic acids is 1. The van der Waals surface area contributed by atoms with Gasteiger partial charge in [-0.05, 0) is 26.0 Å². The number of anilines is 1. The highest BCUT2D eigenvalue weighted by Crippen LogP contribution is 2.18. The first-order valence-corrected chi connectivity index (χ1v) is 6.88. The molecule has 2 rings (SSSR count). The fourth-order valence-corrected chi connectivity index (χ4v) is 2.25. The zero-order valence-corrected chi connectivity index (χ0v) is 12.2. The molecule has 1 aliphatic heterocycles. The minimum Gasteiger partial charge on any atom is -0.477 e. The van der Waals surface area contributed by atoms with Crippen molar-refractivity contribution in [2.24, 2.45) is 0 Å². The van der Waals surface area contributed by atoms with E-state index in [1.165, 1.54) is 12.3 Å². The third-order valence-electron chi connectivity index (χ3n) is 3.70. The SMILES string of the molecule is CC(C)(C(=O)Nc1ccc(C(=O)O)nc1)N1CCNCC1. The second-order valence-corrected chi connectivity index (χ2v) is 5.49. The fraction of sp³-hybridized carbons (Fsp3) is 0.500. The van der Waals surface area contributed by atoms with Gasteiger partial charge in [0.05, 0.1) is 17.4 Å². The minimum absolute atomic E-state index is 0.0469. The average molecular weight is 292 g/mol. The van der Waals surface area contributed by atoms with E-state index < -0.39 is 11.5 Å². The molecule has 21 heavy (non-hydrogen) atoms. The number of hydrogen-bond donors (Lipinski definition) is 3. The maximum atomic E-state index is 12.4. The molecule has 1 amide bonds. The van der Waals surface area contributed by atoms with Crippen LogP contribution in [0.3, 0.4) is 0 Å². The van der Waals surface area contributed by atoms with Gasteiger partial charge in [-0.2, -0.15) is 0 Å². The van der Waals surface area contributed by atoms with Crippen LogP contribution in [-0.2, 0) is 4.79 Å². The van der Waals surface area contributed by atoms with E-state index in [1.807, 2.05) is 13.8 Å². The molecule has 0 saturated carbocycles. The van der Waals surface area contributed by atoms with Crippen LogP contribution in [0.5, 0.6) is 0 Å². The third kappa shape index (κ3) is 3.56. The zero-order valence-electron chi connectivity index (χ0n) is 12.2. The van der Waals surface area contributed by atoms with E-state index in [0.717, 1.165) is 26.2 Å². The number of nitrogens with zero attached hydrogens (tertiary/aromatic N) is 2. The molecule has 1 aliphatic rings. The number of carboxylic acid groups (broad SMARTS) is 1. The lowest BCUT2D eigenvalue weighted by molar-refractivity contribution is -0.126. The Morgan fingerprint density at radius 1 is 1.33 bits per heavy atom. The molecule has 1 saturated heterocycles. The first-order chi connectivity index (χ1) is 9.91. The Balaban J connectivity index is 2.03. The molecule has 0 spiro atoms. The van der Waals surface area contributed by atoms with Gasteiger partial charge >= 0.3 is 5.97 Å². The van der Waals surface area contributed by atoms with Crippen molar-refractivity contribution in [1.29, 1.82) is 0 Å². The Morgan fingerprint density at radius 3 is 2.52 bits per heavy atom. The fourth-order valence-electron chi connectivity index (χ4n) is 2.25. The molecule has 0 radical (unpaired) electrons. The molecule has 2 heterocycles. The molecule has 0 unspecified atom stereocenters. The number of hydrogen-bond acceptors (Lipinski definition) is 5. The van der Waals surface area contributed by atoms with Gasteiger partial charge in [-0.3, -0.25) is 9.69 Å². The summed E-state index contributed by atoms with van der Waals surface area (Å²) in [6.07, 6.45) is 1.36. The van der Waals surface area contributed by atoms with Crippen LogP contribution in [0.1, 0.15) is 24.3 Å². The summed E-state index contributed by atoms with van der Waals surface area (Å²) in [5.74, 6) is -1.22. The van der Waals surface area contributed by atoms with Gasteiger partial charge in [-0.25, -0.2) is 9.78 Å². The molecule has 114 valence electrons. The maximum absolute atomic E-state index is 12.4. The van der Waals surface area contributed by atoms with E-state index in [9.17, 15) is 9.59 Å². The lowest BCUT2D eigenvalue weighted by atomic mass is 10.0. The monoisotopic (exact) mass is 292 g/mol. The van der Waals surface area contributed by atoms with Gasteiger partial charge in [0.1, 0.15) is 5.69 Å². The van der Waals surface area contributed by atoms with Gasteiger partial charge in [-0.15, -0.1) is 0 Å². The number of carbonyl (C=O) groups excluding carboxylic acids is 1. The van der Waals surface area contributed by atoms with Crippen LogP contribution in [0.4, 0.5) is 5.69 Å². The lowest BCUT2D eigenvalue weighted by Gasteiger charge is -2.39. The van der Waals surface area contributed by atoms with Gasteiger partial charge in [-0.1, -0.05) is 0 Å². The number of carbonyl (C=O) groups is 2. The van der Waals surface area contributed by atoms with Gasteiger partial charge in [0, 0.05) is 26.2 Å². The van der Waals surface area contributed by atoms with Crippen LogP contribution in [0.15, 0.2) is 18.3 Å². The van der Waals surface area contributed by atoms with E-state index in [-0.39, 0.29) is 11.6 Å². The summed E-state index contributed by atoms with van der Waals surface area (Å²) in [5, 5.41) is 14.8. The topological polar surface area (TPSA) is 94.6 Å². The van der Waals surface area contributed by atoms with E-state index in [4.69, 9.17) is 5.11 Å². The number of piperazine rings is 1. The summed E-state index contributed by atoms with van der Waals surface area (Å²) >= 11 is 0. The zero-order chi connectivity index (χ0) is 15.5. The molecule has 7 heteroatoms. The molecule has 1 fully saturated rings. The Morgan fingerprint density at radius 2 is 2.00 bits per heavy atom. The molecule has 0 aliphatic carbocycles. The van der Waals surface area contributed by atoms with Crippen LogP contribution in [0.2, 0.25) is 0 Å². The highest BCUT2D eigenvalue weighted by molar-refractivity contribution is 5.97. The number of aromatic nitrogens is 1. The highest BCUT2D eigenvalue weighted by Gasteiger charge is 2.35. The molecule has 0 bridgehead atoms. The number of aromatic carboxylic acids is 1. The Hall–Kier alpha value is -1.99. The van der Waals surface area contributed by atoms with Crippen molar-refractivity contribution in [3.63, 3.8) is 0 Å². The predicted molar refractivity (Wildman–Crippen MR) is 78.3 cm³/mol. The highest BCUT2D eigenvalue weighted by atomic mass is 16.4. The first kappa shape index (κ1) is 15.4. The van der Waals surface area contributed by atoms with Gasteiger partial charge in [0.15, 0.2) is 0 Å². The van der Waals surface area contributed by atoms with Crippen LogP contribution in [0, 0.1) is 0 Å². The van der Waals surface area contributed by atoms with Crippen LogP contribution >= 0.6 is 0 Å². The van der Waals surface area contributed by atoms with E-state index in [2.05, 4.69) is 20.5 Å². The van der Waals surface area contributed by atoms with Crippen molar-refractivity contribution in [3.05, 3.63) is 24.0 Å². The van der Waals surface area contributed by atoms with Crippen molar-refractivity contribution < 1.29 is 14.7 Å². The lowest BCUT2D eigenvalue weighted by Crippen LogP contribution is -2.58. The molecule has 7 nitrogen and oxygen atoms in total. The molecule has 3 N–H and O–H groups in total. The normalized spacial score (nSPS) is 16.5. The largest absolute Gasteiger partial charge is 0.477 e. The van der Waals surface area contributed by atoms with Crippen LogP contribution in [-0.4, -0.2) is 58.6 Å². The number of amides is 1. The minimum atomic E-state index is -1.09. The van der Waals surface area contributed by atoms with Crippen molar-refractivity contribution in [1.82, 2.24) is 15.2 Å². The smallest absolute Gasteiger partial charge is 0.354 e. The number of rotatable bonds is 4. The van der Waals surface area contributed by atoms with Crippen LogP contribution in [0.25, 0.3) is 0 Å². The Labute approximate surface area is 123 Å². The summed E-state index contributed by atoms with van der Waals surface area (Å²) < 4.78 is 0. The summed E-state index contributed by atoms with van der Waals surface area (Å²) in [5.41, 5.74) is -0.185. The third-order valence-corrected chi connectivity index (χ3v) is 3.70. The standard InChI is InChI=1S/C14H20N4O3/c1-14(2,18-7-5-15-6-8-18)13(21)17-10-3-4-11(12(19)20)16-9-10/h3-4,9,15H,5-8H2,1-2H3,(H,17,21)(H,19,20). The summed E-state index contributed by atoms with van der Waals surface area (Å²) in [6, 6.07) is 2.91. The van der Waals surface area contributed by atoms with E-state index in [0.29, 0.717) is 5.69 Å². The predicted octanol–water partition coefficient (Wildman–Crippen LogP) is 0.402. The van der Waals surface area contributed by atoms with E-state index in [1.54, 1.807) is 6.07 Å². The number of nitrogens with one attached hydrogen (secondary N) is 2.